The zero-order valence-electron chi connectivity index (χ0n) is 7.28. The highest BCUT2D eigenvalue weighted by atomic mass is 16.7. The van der Waals surface area contributed by atoms with Crippen molar-refractivity contribution in [2.45, 2.75) is 6.10 Å². The highest BCUT2D eigenvalue weighted by Gasteiger charge is 2.15. The Labute approximate surface area is 75.3 Å². The fourth-order valence-electron chi connectivity index (χ4n) is 0.554. The zero-order chi connectivity index (χ0) is 10.3. The van der Waals surface area contributed by atoms with Crippen molar-refractivity contribution in [3.8, 4) is 0 Å². The van der Waals surface area contributed by atoms with Gasteiger partial charge < -0.3 is 16.2 Å². The largest absolute Gasteiger partial charge is 0.370 e. The Morgan fingerprint density at radius 3 is 2.54 bits per heavy atom. The summed E-state index contributed by atoms with van der Waals surface area (Å²) >= 11 is 0. The lowest BCUT2D eigenvalue weighted by Crippen LogP contribution is -2.41. The first-order valence-electron chi connectivity index (χ1n) is 3.54. The average molecular weight is 191 g/mol. The molecule has 0 bridgehead atoms. The summed E-state index contributed by atoms with van der Waals surface area (Å²) in [6.07, 6.45) is -0.784. The van der Waals surface area contributed by atoms with Gasteiger partial charge in [-0.1, -0.05) is 0 Å². The molecule has 0 heterocycles. The molecule has 5 N–H and O–H groups in total. The lowest BCUT2D eigenvalue weighted by atomic mass is 10.3. The Balaban J connectivity index is 3.66. The van der Waals surface area contributed by atoms with Gasteiger partial charge in [-0.05, 0) is 0 Å². The van der Waals surface area contributed by atoms with Crippen LogP contribution in [-0.4, -0.2) is 38.2 Å². The molecule has 0 saturated carbocycles. The number of hydrogen-bond donors (Lipinski definition) is 3. The van der Waals surface area contributed by atoms with E-state index in [-0.39, 0.29) is 13.2 Å². The predicted octanol–water partition coefficient (Wildman–Crippen LogP) is -2.51. The lowest BCUT2D eigenvalue weighted by Gasteiger charge is -2.11. The van der Waals surface area contributed by atoms with Gasteiger partial charge in [0, 0.05) is 13.7 Å². The summed E-state index contributed by atoms with van der Waals surface area (Å²) in [5, 5.41) is 0. The molecule has 0 rings (SSSR count). The fraction of sp³-hybridized carbons (Fsp3) is 0.667. The van der Waals surface area contributed by atoms with Crippen LogP contribution in [0.1, 0.15) is 0 Å². The Morgan fingerprint density at radius 1 is 1.54 bits per heavy atom. The second-order valence-corrected chi connectivity index (χ2v) is 2.18. The molecular weight excluding hydrogens is 178 g/mol. The van der Waals surface area contributed by atoms with Crippen molar-refractivity contribution in [1.82, 2.24) is 5.48 Å². The number of rotatable bonds is 6. The van der Waals surface area contributed by atoms with E-state index in [1.807, 2.05) is 5.48 Å². The summed E-state index contributed by atoms with van der Waals surface area (Å²) in [7, 11) is 1.34. The standard InChI is InChI=1S/C6H13N3O4/c1-12-4(2-7)6(11)9-13-3-5(8)10/h4H,2-3,7H2,1H3,(H2,8,10)(H,9,11). The van der Waals surface area contributed by atoms with Gasteiger partial charge in [0.1, 0.15) is 6.10 Å². The maximum absolute atomic E-state index is 11.0. The van der Waals surface area contributed by atoms with Gasteiger partial charge in [0.05, 0.1) is 0 Å². The first-order chi connectivity index (χ1) is 6.11. The second-order valence-electron chi connectivity index (χ2n) is 2.18. The summed E-state index contributed by atoms with van der Waals surface area (Å²) in [6, 6.07) is 0. The molecule has 13 heavy (non-hydrogen) atoms. The third kappa shape index (κ3) is 5.12. The van der Waals surface area contributed by atoms with Crippen LogP contribution in [0.2, 0.25) is 0 Å². The summed E-state index contributed by atoms with van der Waals surface area (Å²) in [5.41, 5.74) is 11.9. The fourth-order valence-corrected chi connectivity index (χ4v) is 0.554. The minimum absolute atomic E-state index is 0.0300. The van der Waals surface area contributed by atoms with Crippen molar-refractivity contribution >= 4 is 11.8 Å². The van der Waals surface area contributed by atoms with Crippen molar-refractivity contribution in [3.05, 3.63) is 0 Å². The van der Waals surface area contributed by atoms with Gasteiger partial charge in [-0.15, -0.1) is 0 Å². The number of hydroxylamine groups is 1. The summed E-state index contributed by atoms with van der Waals surface area (Å²) in [4.78, 5) is 25.6. The predicted molar refractivity (Wildman–Crippen MR) is 43.1 cm³/mol. The molecule has 1 unspecified atom stereocenters. The third-order valence-corrected chi connectivity index (χ3v) is 1.18. The van der Waals surface area contributed by atoms with Gasteiger partial charge in [0.25, 0.3) is 5.91 Å². The number of hydrogen-bond acceptors (Lipinski definition) is 5. The molecule has 7 nitrogen and oxygen atoms in total. The summed E-state index contributed by atoms with van der Waals surface area (Å²) in [5.74, 6) is -1.23. The zero-order valence-corrected chi connectivity index (χ0v) is 7.28. The topological polar surface area (TPSA) is 117 Å². The Hall–Kier alpha value is -1.18. The molecule has 0 spiro atoms. The van der Waals surface area contributed by atoms with E-state index < -0.39 is 17.9 Å². The number of nitrogens with one attached hydrogen (secondary N) is 1. The van der Waals surface area contributed by atoms with Crippen molar-refractivity contribution in [1.29, 1.82) is 0 Å². The summed E-state index contributed by atoms with van der Waals surface area (Å²) < 4.78 is 4.69. The Kier molecular flexibility index (Phi) is 5.77. The maximum atomic E-state index is 11.0. The molecule has 0 aliphatic rings. The number of carbonyl (C=O) groups excluding carboxylic acids is 2. The second kappa shape index (κ2) is 6.35. The molecule has 0 radical (unpaired) electrons. The van der Waals surface area contributed by atoms with Crippen molar-refractivity contribution in [2.24, 2.45) is 11.5 Å². The quantitative estimate of drug-likeness (QED) is 0.401. The van der Waals surface area contributed by atoms with E-state index >= 15 is 0 Å². The molecule has 0 aliphatic heterocycles. The van der Waals surface area contributed by atoms with Crippen LogP contribution in [0.25, 0.3) is 0 Å². The van der Waals surface area contributed by atoms with E-state index in [2.05, 4.69) is 9.57 Å². The minimum Gasteiger partial charge on any atom is -0.370 e. The molecule has 2 amide bonds. The maximum Gasteiger partial charge on any atom is 0.273 e. The van der Waals surface area contributed by atoms with Gasteiger partial charge in [-0.2, -0.15) is 0 Å². The molecule has 0 saturated heterocycles. The summed E-state index contributed by atoms with van der Waals surface area (Å²) in [6.45, 7) is -0.352. The molecular formula is C6H13N3O4. The van der Waals surface area contributed by atoms with Crippen molar-refractivity contribution in [3.63, 3.8) is 0 Å². The van der Waals surface area contributed by atoms with Crippen LogP contribution in [0.3, 0.4) is 0 Å². The number of primary amides is 1. The van der Waals surface area contributed by atoms with Gasteiger partial charge in [0.2, 0.25) is 5.91 Å². The van der Waals surface area contributed by atoms with Crippen LogP contribution in [0.15, 0.2) is 0 Å². The number of amides is 2. The number of ether oxygens (including phenoxy) is 1. The van der Waals surface area contributed by atoms with E-state index in [4.69, 9.17) is 11.5 Å². The Morgan fingerprint density at radius 2 is 2.15 bits per heavy atom. The van der Waals surface area contributed by atoms with Crippen LogP contribution in [-0.2, 0) is 19.2 Å². The smallest absolute Gasteiger partial charge is 0.273 e. The highest BCUT2D eigenvalue weighted by Crippen LogP contribution is 1.86. The molecule has 0 aromatic carbocycles. The molecule has 76 valence electrons. The number of methoxy groups -OCH3 is 1. The van der Waals surface area contributed by atoms with Gasteiger partial charge in [-0.25, -0.2) is 5.48 Å². The van der Waals surface area contributed by atoms with Crippen LogP contribution in [0.5, 0.6) is 0 Å². The molecule has 7 heteroatoms. The Bertz CT molecular complexity index is 181. The van der Waals surface area contributed by atoms with Gasteiger partial charge in [0.15, 0.2) is 6.61 Å². The molecule has 0 aromatic rings. The van der Waals surface area contributed by atoms with Crippen LogP contribution >= 0.6 is 0 Å². The number of carbonyl (C=O) groups is 2. The SMILES string of the molecule is COC(CN)C(=O)NOCC(N)=O. The molecule has 0 aliphatic carbocycles. The lowest BCUT2D eigenvalue weighted by molar-refractivity contribution is -0.145. The first kappa shape index (κ1) is 11.8. The van der Waals surface area contributed by atoms with Gasteiger partial charge in [-0.3, -0.25) is 14.4 Å². The molecule has 0 aromatic heterocycles. The third-order valence-electron chi connectivity index (χ3n) is 1.18. The van der Waals surface area contributed by atoms with E-state index in [1.165, 1.54) is 7.11 Å². The average Bonchev–Trinajstić information content (AvgIpc) is 2.05. The van der Waals surface area contributed by atoms with E-state index in [0.717, 1.165) is 0 Å². The van der Waals surface area contributed by atoms with E-state index in [1.54, 1.807) is 0 Å². The van der Waals surface area contributed by atoms with Crippen molar-refractivity contribution in [2.75, 3.05) is 20.3 Å². The number of nitrogens with two attached hydrogens (primary N) is 2. The van der Waals surface area contributed by atoms with Crippen LogP contribution in [0.4, 0.5) is 0 Å². The molecule has 1 atom stereocenters. The van der Waals surface area contributed by atoms with Gasteiger partial charge >= 0.3 is 0 Å². The highest BCUT2D eigenvalue weighted by molar-refractivity contribution is 5.80. The minimum atomic E-state index is -0.784. The first-order valence-corrected chi connectivity index (χ1v) is 3.54. The molecule has 0 fully saturated rings. The van der Waals surface area contributed by atoms with Crippen LogP contribution in [0, 0.1) is 0 Å². The van der Waals surface area contributed by atoms with Crippen molar-refractivity contribution < 1.29 is 19.2 Å². The van der Waals surface area contributed by atoms with E-state index in [9.17, 15) is 9.59 Å². The van der Waals surface area contributed by atoms with E-state index in [0.29, 0.717) is 0 Å². The monoisotopic (exact) mass is 191 g/mol. The normalized spacial score (nSPS) is 12.2. The van der Waals surface area contributed by atoms with Crippen LogP contribution < -0.4 is 16.9 Å².